The predicted octanol–water partition coefficient (Wildman–Crippen LogP) is 6.48. The van der Waals surface area contributed by atoms with E-state index in [1.165, 1.54) is 0 Å². The van der Waals surface area contributed by atoms with Gasteiger partial charge < -0.3 is 9.47 Å². The summed E-state index contributed by atoms with van der Waals surface area (Å²) in [5.41, 5.74) is 5.00. The van der Waals surface area contributed by atoms with Crippen LogP contribution in [0.1, 0.15) is 28.7 Å². The molecule has 3 heteroatoms. The standard InChI is InChI=1S/C32H26O3/c1-34-26-17-13-23(14-18-26)29-28(22-9-5-3-6-10-22)30(33)32(24-11-7-4-8-12-24)21-31(29,32)25-15-19-27(35-2)20-16-25/h3-20H,21H2,1-2H3/t31-,32-/m1/s1. The molecule has 35 heavy (non-hydrogen) atoms. The van der Waals surface area contributed by atoms with Gasteiger partial charge in [0.1, 0.15) is 11.5 Å². The van der Waals surface area contributed by atoms with Crippen LogP contribution < -0.4 is 9.47 Å². The number of ether oxygens (including phenoxy) is 2. The molecule has 1 fully saturated rings. The Morgan fingerprint density at radius 3 is 1.66 bits per heavy atom. The van der Waals surface area contributed by atoms with Gasteiger partial charge in [-0.3, -0.25) is 4.79 Å². The van der Waals surface area contributed by atoms with Gasteiger partial charge in [-0.25, -0.2) is 0 Å². The van der Waals surface area contributed by atoms with Crippen molar-refractivity contribution in [2.45, 2.75) is 17.3 Å². The van der Waals surface area contributed by atoms with Crippen molar-refractivity contribution in [1.29, 1.82) is 0 Å². The zero-order valence-electron chi connectivity index (χ0n) is 19.8. The minimum Gasteiger partial charge on any atom is -0.497 e. The second-order valence-electron chi connectivity index (χ2n) is 9.26. The SMILES string of the molecule is COc1ccc(C2=C(c3ccccc3)C(=O)[C@]3(c4ccccc4)C[C@@]23c2ccc(OC)cc2)cc1. The molecule has 0 bridgehead atoms. The highest BCUT2D eigenvalue weighted by Crippen LogP contribution is 2.77. The summed E-state index contributed by atoms with van der Waals surface area (Å²) in [4.78, 5) is 14.6. The Morgan fingerprint density at radius 2 is 1.09 bits per heavy atom. The minimum absolute atomic E-state index is 0.191. The Kier molecular flexibility index (Phi) is 4.89. The number of rotatable bonds is 6. The average molecular weight is 459 g/mol. The summed E-state index contributed by atoms with van der Waals surface area (Å²) in [7, 11) is 3.34. The molecule has 0 amide bonds. The summed E-state index contributed by atoms with van der Waals surface area (Å²) in [6.45, 7) is 0. The molecule has 2 aliphatic carbocycles. The zero-order chi connectivity index (χ0) is 24.0. The predicted molar refractivity (Wildman–Crippen MR) is 139 cm³/mol. The van der Waals surface area contributed by atoms with Gasteiger partial charge in [-0.15, -0.1) is 0 Å². The third-order valence-electron chi connectivity index (χ3n) is 7.72. The van der Waals surface area contributed by atoms with Crippen LogP contribution in [0.3, 0.4) is 0 Å². The van der Waals surface area contributed by atoms with Crippen LogP contribution in [0.15, 0.2) is 109 Å². The van der Waals surface area contributed by atoms with Crippen LogP contribution in [-0.4, -0.2) is 20.0 Å². The molecular formula is C32H26O3. The Morgan fingerprint density at radius 1 is 0.571 bits per heavy atom. The molecular weight excluding hydrogens is 432 g/mol. The molecule has 0 aromatic heterocycles. The maximum absolute atomic E-state index is 14.6. The van der Waals surface area contributed by atoms with Crippen molar-refractivity contribution in [3.05, 3.63) is 131 Å². The molecule has 6 rings (SSSR count). The summed E-state index contributed by atoms with van der Waals surface area (Å²) in [6, 6.07) is 36.7. The monoisotopic (exact) mass is 458 g/mol. The van der Waals surface area contributed by atoms with Crippen LogP contribution in [0.4, 0.5) is 0 Å². The first-order chi connectivity index (χ1) is 17.2. The fourth-order valence-corrected chi connectivity index (χ4v) is 6.07. The topological polar surface area (TPSA) is 35.5 Å². The molecule has 2 aliphatic rings. The second-order valence-corrected chi connectivity index (χ2v) is 9.26. The maximum Gasteiger partial charge on any atom is 0.175 e. The van der Waals surface area contributed by atoms with Crippen molar-refractivity contribution >= 4 is 16.9 Å². The van der Waals surface area contributed by atoms with Crippen LogP contribution in [-0.2, 0) is 15.6 Å². The zero-order valence-corrected chi connectivity index (χ0v) is 19.8. The van der Waals surface area contributed by atoms with E-state index < -0.39 is 10.8 Å². The second kappa shape index (κ2) is 7.99. The molecule has 0 heterocycles. The Bertz CT molecular complexity index is 1420. The highest BCUT2D eigenvalue weighted by Gasteiger charge is 2.79. The van der Waals surface area contributed by atoms with Crippen molar-refractivity contribution in [2.24, 2.45) is 0 Å². The molecule has 4 aromatic rings. The van der Waals surface area contributed by atoms with Crippen molar-refractivity contribution in [1.82, 2.24) is 0 Å². The molecule has 172 valence electrons. The van der Waals surface area contributed by atoms with Crippen LogP contribution in [0.25, 0.3) is 11.1 Å². The van der Waals surface area contributed by atoms with Gasteiger partial charge in [0.15, 0.2) is 5.78 Å². The van der Waals surface area contributed by atoms with Gasteiger partial charge in [0.05, 0.1) is 19.6 Å². The first kappa shape index (κ1) is 21.4. The first-order valence-corrected chi connectivity index (χ1v) is 11.9. The van der Waals surface area contributed by atoms with Gasteiger partial charge in [0, 0.05) is 11.0 Å². The molecule has 0 unspecified atom stereocenters. The molecule has 3 nitrogen and oxygen atoms in total. The fraction of sp³-hybridized carbons (Fsp3) is 0.156. The molecule has 0 N–H and O–H groups in total. The van der Waals surface area contributed by atoms with E-state index in [9.17, 15) is 4.79 Å². The first-order valence-electron chi connectivity index (χ1n) is 11.9. The third kappa shape index (κ3) is 2.94. The van der Waals surface area contributed by atoms with E-state index in [1.807, 2.05) is 72.8 Å². The van der Waals surface area contributed by atoms with E-state index in [0.717, 1.165) is 51.3 Å². The summed E-state index contributed by atoms with van der Waals surface area (Å²) in [5.74, 6) is 1.79. The number of hydrogen-bond acceptors (Lipinski definition) is 3. The number of fused-ring (bicyclic) bond motifs is 1. The van der Waals surface area contributed by atoms with Gasteiger partial charge in [-0.05, 0) is 58.5 Å². The molecule has 0 spiro atoms. The van der Waals surface area contributed by atoms with Gasteiger partial charge in [-0.1, -0.05) is 84.9 Å². The van der Waals surface area contributed by atoms with E-state index in [1.54, 1.807) is 14.2 Å². The molecule has 2 atom stereocenters. The lowest BCUT2D eigenvalue weighted by molar-refractivity contribution is -0.115. The Balaban J connectivity index is 1.67. The number of ketones is 1. The number of benzene rings is 4. The van der Waals surface area contributed by atoms with E-state index in [-0.39, 0.29) is 5.78 Å². The number of Topliss-reactive ketones (excluding diaryl/α,β-unsaturated/α-hetero) is 1. The molecule has 4 aromatic carbocycles. The van der Waals surface area contributed by atoms with Crippen molar-refractivity contribution < 1.29 is 14.3 Å². The molecule has 0 aliphatic heterocycles. The smallest absolute Gasteiger partial charge is 0.175 e. The van der Waals surface area contributed by atoms with Gasteiger partial charge >= 0.3 is 0 Å². The van der Waals surface area contributed by atoms with E-state index >= 15 is 0 Å². The summed E-state index contributed by atoms with van der Waals surface area (Å²) in [6.07, 6.45) is 0.743. The number of carbonyl (C=O) groups excluding carboxylic acids is 1. The van der Waals surface area contributed by atoms with Crippen molar-refractivity contribution in [3.63, 3.8) is 0 Å². The highest BCUT2D eigenvalue weighted by molar-refractivity contribution is 6.40. The molecule has 0 saturated heterocycles. The van der Waals surface area contributed by atoms with E-state index in [4.69, 9.17) is 9.47 Å². The van der Waals surface area contributed by atoms with Crippen LogP contribution in [0.2, 0.25) is 0 Å². The lowest BCUT2D eigenvalue weighted by Crippen LogP contribution is -2.25. The molecule has 1 saturated carbocycles. The van der Waals surface area contributed by atoms with Crippen LogP contribution in [0.5, 0.6) is 11.5 Å². The fourth-order valence-electron chi connectivity index (χ4n) is 6.07. The van der Waals surface area contributed by atoms with E-state index in [0.29, 0.717) is 0 Å². The van der Waals surface area contributed by atoms with Gasteiger partial charge in [0.25, 0.3) is 0 Å². The Labute approximate surface area is 205 Å². The average Bonchev–Trinajstić information content (AvgIpc) is 3.59. The number of methoxy groups -OCH3 is 2. The third-order valence-corrected chi connectivity index (χ3v) is 7.72. The highest BCUT2D eigenvalue weighted by atomic mass is 16.5. The van der Waals surface area contributed by atoms with Crippen molar-refractivity contribution in [2.75, 3.05) is 14.2 Å². The summed E-state index contributed by atoms with van der Waals surface area (Å²) in [5, 5.41) is 0. The normalized spacial score (nSPS) is 22.6. The summed E-state index contributed by atoms with van der Waals surface area (Å²) < 4.78 is 10.9. The number of carbonyl (C=O) groups is 1. The van der Waals surface area contributed by atoms with Crippen LogP contribution >= 0.6 is 0 Å². The van der Waals surface area contributed by atoms with Crippen LogP contribution in [0, 0.1) is 0 Å². The van der Waals surface area contributed by atoms with E-state index in [2.05, 4.69) is 36.4 Å². The van der Waals surface area contributed by atoms with Gasteiger partial charge in [0.2, 0.25) is 0 Å². The minimum atomic E-state index is -0.636. The largest absolute Gasteiger partial charge is 0.497 e. The summed E-state index contributed by atoms with van der Waals surface area (Å²) >= 11 is 0. The lowest BCUT2D eigenvalue weighted by atomic mass is 9.78. The maximum atomic E-state index is 14.6. The lowest BCUT2D eigenvalue weighted by Gasteiger charge is -2.23. The quantitative estimate of drug-likeness (QED) is 0.332. The molecule has 0 radical (unpaired) electrons. The number of hydrogen-bond donors (Lipinski definition) is 0. The Hall–Kier alpha value is -4.11. The van der Waals surface area contributed by atoms with Crippen molar-refractivity contribution in [3.8, 4) is 11.5 Å². The van der Waals surface area contributed by atoms with Gasteiger partial charge in [-0.2, -0.15) is 0 Å². The number of allylic oxidation sites excluding steroid dienone is 2.